The number of aromatic nitrogens is 1. The lowest BCUT2D eigenvalue weighted by Crippen LogP contribution is -1.79. The van der Waals surface area contributed by atoms with Gasteiger partial charge in [0.15, 0.2) is 0 Å². The summed E-state index contributed by atoms with van der Waals surface area (Å²) >= 11 is 9.85. The van der Waals surface area contributed by atoms with E-state index in [-0.39, 0.29) is 0 Å². The van der Waals surface area contributed by atoms with Crippen molar-refractivity contribution in [1.82, 2.24) is 4.98 Å². The van der Waals surface area contributed by atoms with Gasteiger partial charge in [-0.2, -0.15) is 12.6 Å². The van der Waals surface area contributed by atoms with Crippen molar-refractivity contribution in [2.24, 2.45) is 0 Å². The van der Waals surface area contributed by atoms with E-state index in [2.05, 4.69) is 17.6 Å². The summed E-state index contributed by atoms with van der Waals surface area (Å²) in [6.07, 6.45) is 5.47. The number of hydrogen-bond donors (Lipinski definition) is 1. The molecule has 3 heteroatoms. The van der Waals surface area contributed by atoms with Gasteiger partial charge in [-0.1, -0.05) is 17.7 Å². The van der Waals surface area contributed by atoms with Crippen molar-refractivity contribution < 1.29 is 0 Å². The van der Waals surface area contributed by atoms with Crippen molar-refractivity contribution in [3.05, 3.63) is 35.1 Å². The third-order valence-corrected chi connectivity index (χ3v) is 1.70. The van der Waals surface area contributed by atoms with E-state index < -0.39 is 0 Å². The van der Waals surface area contributed by atoms with E-state index in [0.29, 0.717) is 10.8 Å². The Morgan fingerprint density at radius 1 is 1.64 bits per heavy atom. The fourth-order valence-electron chi connectivity index (χ4n) is 0.685. The lowest BCUT2D eigenvalue weighted by Gasteiger charge is -1.93. The second-order valence-electron chi connectivity index (χ2n) is 1.96. The van der Waals surface area contributed by atoms with Gasteiger partial charge in [0, 0.05) is 11.9 Å². The SMILES string of the molecule is SCC=Cc1ncccc1Cl. The summed E-state index contributed by atoms with van der Waals surface area (Å²) in [7, 11) is 0. The molecule has 1 aromatic rings. The molecule has 0 radical (unpaired) electrons. The Morgan fingerprint density at radius 3 is 3.09 bits per heavy atom. The van der Waals surface area contributed by atoms with Crippen LogP contribution in [0.4, 0.5) is 0 Å². The molecule has 0 N–H and O–H groups in total. The first-order chi connectivity index (χ1) is 5.34. The van der Waals surface area contributed by atoms with Crippen LogP contribution in [0.15, 0.2) is 24.4 Å². The predicted octanol–water partition coefficient (Wildman–Crippen LogP) is 2.68. The number of halogens is 1. The Bertz CT molecular complexity index is 260. The first kappa shape index (κ1) is 8.62. The molecule has 0 saturated heterocycles. The lowest BCUT2D eigenvalue weighted by atomic mass is 10.3. The molecule has 58 valence electrons. The molecule has 0 aromatic carbocycles. The van der Waals surface area contributed by atoms with Crippen molar-refractivity contribution in [2.45, 2.75) is 0 Å². The minimum absolute atomic E-state index is 0.672. The first-order valence-corrected chi connectivity index (χ1v) is 4.23. The van der Waals surface area contributed by atoms with Gasteiger partial charge in [-0.25, -0.2) is 0 Å². The van der Waals surface area contributed by atoms with Gasteiger partial charge in [-0.15, -0.1) is 0 Å². The van der Waals surface area contributed by atoms with Crippen LogP contribution in [-0.4, -0.2) is 10.7 Å². The van der Waals surface area contributed by atoms with Crippen molar-refractivity contribution in [3.63, 3.8) is 0 Å². The third kappa shape index (κ3) is 2.56. The first-order valence-electron chi connectivity index (χ1n) is 3.22. The Balaban J connectivity index is 2.86. The molecule has 0 aliphatic carbocycles. The zero-order valence-electron chi connectivity index (χ0n) is 5.87. The molecule has 0 saturated carbocycles. The van der Waals surface area contributed by atoms with E-state index in [1.807, 2.05) is 18.2 Å². The molecule has 1 heterocycles. The molecule has 11 heavy (non-hydrogen) atoms. The number of hydrogen-bond acceptors (Lipinski definition) is 2. The Kier molecular flexibility index (Phi) is 3.46. The minimum Gasteiger partial charge on any atom is -0.255 e. The van der Waals surface area contributed by atoms with Crippen LogP contribution in [0.3, 0.4) is 0 Å². The summed E-state index contributed by atoms with van der Waals surface area (Å²) in [4.78, 5) is 4.06. The molecular formula is C8H8ClNS. The Labute approximate surface area is 76.5 Å². The van der Waals surface area contributed by atoms with E-state index >= 15 is 0 Å². The Hall–Kier alpha value is -0.470. The van der Waals surface area contributed by atoms with E-state index in [0.717, 1.165) is 5.69 Å². The molecule has 1 rings (SSSR count). The van der Waals surface area contributed by atoms with Crippen molar-refractivity contribution in [1.29, 1.82) is 0 Å². The summed E-state index contributed by atoms with van der Waals surface area (Å²) < 4.78 is 0. The van der Waals surface area contributed by atoms with Crippen LogP contribution in [0, 0.1) is 0 Å². The zero-order chi connectivity index (χ0) is 8.10. The summed E-state index contributed by atoms with van der Waals surface area (Å²) in [5, 5.41) is 0.672. The molecular weight excluding hydrogens is 178 g/mol. The van der Waals surface area contributed by atoms with Crippen LogP contribution in [0.5, 0.6) is 0 Å². The summed E-state index contributed by atoms with van der Waals surface area (Å²) in [6.45, 7) is 0. The van der Waals surface area contributed by atoms with Gasteiger partial charge in [0.1, 0.15) is 0 Å². The quantitative estimate of drug-likeness (QED) is 0.700. The second-order valence-corrected chi connectivity index (χ2v) is 2.73. The highest BCUT2D eigenvalue weighted by atomic mass is 35.5. The molecule has 0 unspecified atom stereocenters. The van der Waals surface area contributed by atoms with Crippen LogP contribution >= 0.6 is 24.2 Å². The topological polar surface area (TPSA) is 12.9 Å². The van der Waals surface area contributed by atoms with Crippen molar-refractivity contribution in [2.75, 3.05) is 5.75 Å². The van der Waals surface area contributed by atoms with E-state index in [9.17, 15) is 0 Å². The third-order valence-electron chi connectivity index (χ3n) is 1.17. The van der Waals surface area contributed by atoms with Crippen LogP contribution in [-0.2, 0) is 0 Å². The summed E-state index contributed by atoms with van der Waals surface area (Å²) in [5.74, 6) is 0.701. The van der Waals surface area contributed by atoms with Gasteiger partial charge in [-0.05, 0) is 18.2 Å². The fourth-order valence-corrected chi connectivity index (χ4v) is 0.975. The van der Waals surface area contributed by atoms with E-state index in [1.54, 1.807) is 12.3 Å². The van der Waals surface area contributed by atoms with Crippen molar-refractivity contribution in [3.8, 4) is 0 Å². The number of nitrogens with zero attached hydrogens (tertiary/aromatic N) is 1. The fraction of sp³-hybridized carbons (Fsp3) is 0.125. The maximum Gasteiger partial charge on any atom is 0.0812 e. The molecule has 0 aliphatic rings. The Morgan fingerprint density at radius 2 is 2.45 bits per heavy atom. The van der Waals surface area contributed by atoms with Gasteiger partial charge in [0.05, 0.1) is 10.7 Å². The van der Waals surface area contributed by atoms with Gasteiger partial charge >= 0.3 is 0 Å². The van der Waals surface area contributed by atoms with Crippen LogP contribution in [0.2, 0.25) is 5.02 Å². The average Bonchev–Trinajstić information content (AvgIpc) is 2.03. The highest BCUT2D eigenvalue weighted by Gasteiger charge is 1.92. The second kappa shape index (κ2) is 4.42. The van der Waals surface area contributed by atoms with Crippen LogP contribution in [0.1, 0.15) is 5.69 Å². The average molecular weight is 186 g/mol. The highest BCUT2D eigenvalue weighted by molar-refractivity contribution is 7.80. The molecule has 1 nitrogen and oxygen atoms in total. The smallest absolute Gasteiger partial charge is 0.0812 e. The maximum absolute atomic E-state index is 5.82. The molecule has 0 atom stereocenters. The van der Waals surface area contributed by atoms with Gasteiger partial charge < -0.3 is 0 Å². The number of thiol groups is 1. The summed E-state index contributed by atoms with van der Waals surface area (Å²) in [5.41, 5.74) is 0.795. The van der Waals surface area contributed by atoms with Crippen molar-refractivity contribution >= 4 is 30.3 Å². The highest BCUT2D eigenvalue weighted by Crippen LogP contribution is 2.13. The van der Waals surface area contributed by atoms with Crippen LogP contribution < -0.4 is 0 Å². The molecule has 0 spiro atoms. The predicted molar refractivity (Wildman–Crippen MR) is 52.1 cm³/mol. The van der Waals surface area contributed by atoms with E-state index in [4.69, 9.17) is 11.6 Å². The zero-order valence-corrected chi connectivity index (χ0v) is 7.52. The normalized spacial score (nSPS) is 10.7. The van der Waals surface area contributed by atoms with Gasteiger partial charge in [0.2, 0.25) is 0 Å². The lowest BCUT2D eigenvalue weighted by molar-refractivity contribution is 1.29. The van der Waals surface area contributed by atoms with Gasteiger partial charge in [0.25, 0.3) is 0 Å². The molecule has 0 bridgehead atoms. The molecule has 0 amide bonds. The van der Waals surface area contributed by atoms with E-state index in [1.165, 1.54) is 0 Å². The largest absolute Gasteiger partial charge is 0.255 e. The number of rotatable bonds is 2. The standard InChI is InChI=1S/C8H8ClNS/c9-7-3-1-5-10-8(7)4-2-6-11/h1-5,11H,6H2. The molecule has 0 fully saturated rings. The molecule has 0 aliphatic heterocycles. The van der Waals surface area contributed by atoms with Gasteiger partial charge in [-0.3, -0.25) is 4.98 Å². The maximum atomic E-state index is 5.82. The summed E-state index contributed by atoms with van der Waals surface area (Å²) in [6, 6.07) is 3.62. The molecule has 1 aromatic heterocycles. The monoisotopic (exact) mass is 185 g/mol. The number of pyridine rings is 1. The minimum atomic E-state index is 0.672. The van der Waals surface area contributed by atoms with Crippen LogP contribution in [0.25, 0.3) is 6.08 Å².